The van der Waals surface area contributed by atoms with Crippen LogP contribution >= 0.6 is 45.3 Å². The Bertz CT molecular complexity index is 1700. The molecule has 0 aliphatic carbocycles. The first-order valence-electron chi connectivity index (χ1n) is 8.82. The maximum absolute atomic E-state index is 14.6. The number of nitrogens with zero attached hydrogens (tertiary/aromatic N) is 4. The van der Waals surface area contributed by atoms with Gasteiger partial charge in [-0.05, 0) is 24.3 Å². The first-order chi connectivity index (χ1) is 16.3. The molecule has 0 atom stereocenters. The van der Waals surface area contributed by atoms with Gasteiger partial charge < -0.3 is 0 Å². The Morgan fingerprint density at radius 3 is 1.53 bits per heavy atom. The normalized spacial score (nSPS) is 12.4. The van der Waals surface area contributed by atoms with Gasteiger partial charge in [0, 0.05) is 26.8 Å². The molecule has 0 radical (unpaired) electrons. The molecular formula is C22H4F4N4S4. The summed E-state index contributed by atoms with van der Waals surface area (Å²) in [5, 5.41) is 24.6. The van der Waals surface area contributed by atoms with Crippen LogP contribution in [0, 0.1) is 70.2 Å². The smallest absolute Gasteiger partial charge is 0.225 e. The lowest BCUT2D eigenvalue weighted by atomic mass is 10.1. The van der Waals surface area contributed by atoms with Gasteiger partial charge in [0.25, 0.3) is 5.70 Å². The van der Waals surface area contributed by atoms with Crippen LogP contribution in [0.1, 0.15) is 0 Å². The van der Waals surface area contributed by atoms with Crippen LogP contribution in [-0.2, 0) is 0 Å². The molecule has 0 aliphatic heterocycles. The largest absolute Gasteiger partial charge is 0.278 e. The second-order valence-electron chi connectivity index (χ2n) is 6.35. The van der Waals surface area contributed by atoms with Gasteiger partial charge in [-0.2, -0.15) is 28.1 Å². The van der Waals surface area contributed by atoms with E-state index in [4.69, 9.17) is 6.57 Å². The first kappa shape index (κ1) is 23.4. The molecule has 0 saturated carbocycles. The molecule has 0 unspecified atom stereocenters. The molecule has 0 saturated heterocycles. The van der Waals surface area contributed by atoms with Crippen molar-refractivity contribution in [1.29, 1.82) is 15.8 Å². The molecule has 4 nitrogen and oxygen atoms in total. The summed E-state index contributed by atoms with van der Waals surface area (Å²) in [6.07, 6.45) is 0. The van der Waals surface area contributed by atoms with Gasteiger partial charge in [-0.1, -0.05) is 22.7 Å². The molecule has 12 heteroatoms. The van der Waals surface area contributed by atoms with Crippen molar-refractivity contribution in [3.63, 3.8) is 0 Å². The van der Waals surface area contributed by atoms with E-state index in [9.17, 15) is 33.3 Å². The second kappa shape index (κ2) is 9.23. The maximum Gasteiger partial charge on any atom is 0.278 e. The minimum Gasteiger partial charge on any atom is -0.225 e. The Labute approximate surface area is 204 Å². The quantitative estimate of drug-likeness (QED) is 0.242. The van der Waals surface area contributed by atoms with Gasteiger partial charge >= 0.3 is 0 Å². The van der Waals surface area contributed by atoms with Gasteiger partial charge in [-0.15, -0.1) is 22.7 Å². The van der Waals surface area contributed by atoms with E-state index >= 15 is 0 Å². The summed E-state index contributed by atoms with van der Waals surface area (Å²) in [5.74, 6) is 0. The molecule has 0 bridgehead atoms. The number of thiophene rings is 4. The van der Waals surface area contributed by atoms with Crippen LogP contribution in [0.2, 0.25) is 0 Å². The van der Waals surface area contributed by atoms with Gasteiger partial charge in [-0.25, -0.2) is 10.1 Å². The molecular weight excluding hydrogens is 525 g/mol. The summed E-state index contributed by atoms with van der Waals surface area (Å²) in [7, 11) is 0. The Morgan fingerprint density at radius 1 is 0.676 bits per heavy atom. The van der Waals surface area contributed by atoms with Crippen molar-refractivity contribution in [3.05, 3.63) is 74.3 Å². The van der Waals surface area contributed by atoms with E-state index in [0.717, 1.165) is 34.8 Å². The standard InChI is InChI=1S/C22H4F4N4S4/c1-30-14(8-29)16-3-11(13-5-18(24)34-22(13)26)20(32-16)19-10(12-4-17(23)33-21(12)25)2-15(31-19)9(6-27)7-28/h2-5H/b16-14+,20-19+. The maximum atomic E-state index is 14.6. The van der Waals surface area contributed by atoms with Crippen molar-refractivity contribution in [2.45, 2.75) is 0 Å². The minimum absolute atomic E-state index is 0.132. The fourth-order valence-electron chi connectivity index (χ4n) is 3.08. The van der Waals surface area contributed by atoms with Crippen molar-refractivity contribution >= 4 is 56.6 Å². The highest BCUT2D eigenvalue weighted by Crippen LogP contribution is 2.35. The van der Waals surface area contributed by atoms with E-state index in [1.165, 1.54) is 12.1 Å². The predicted molar refractivity (Wildman–Crippen MR) is 122 cm³/mol. The Morgan fingerprint density at radius 2 is 1.15 bits per heavy atom. The number of nitriles is 3. The Hall–Kier alpha value is -3.78. The summed E-state index contributed by atoms with van der Waals surface area (Å²) in [4.78, 5) is 3.16. The zero-order chi connectivity index (χ0) is 24.6. The van der Waals surface area contributed by atoms with Crippen LogP contribution in [0.3, 0.4) is 0 Å². The average molecular weight is 529 g/mol. The molecule has 4 heterocycles. The summed E-state index contributed by atoms with van der Waals surface area (Å²) in [6.45, 7) is 7.23. The minimum atomic E-state index is -0.852. The van der Waals surface area contributed by atoms with Crippen molar-refractivity contribution in [2.24, 2.45) is 0 Å². The fourth-order valence-corrected chi connectivity index (χ4v) is 6.72. The zero-order valence-electron chi connectivity index (χ0n) is 16.2. The molecule has 4 aromatic rings. The van der Waals surface area contributed by atoms with Gasteiger partial charge in [0.2, 0.25) is 0 Å². The molecule has 34 heavy (non-hydrogen) atoms. The van der Waals surface area contributed by atoms with Gasteiger partial charge in [0.1, 0.15) is 17.7 Å². The van der Waals surface area contributed by atoms with E-state index < -0.39 is 20.5 Å². The summed E-state index contributed by atoms with van der Waals surface area (Å²) in [6, 6.07) is 9.85. The average Bonchev–Trinajstić information content (AvgIpc) is 3.55. The SMILES string of the molecule is [C-]#[N+]/C(C#N)=c1\cc(-c2cc(F)sc2F)/c(=c2\sc(=C(C#N)C#N)cc2-c2cc(F)sc2F)s1. The molecule has 0 fully saturated rings. The van der Waals surface area contributed by atoms with Crippen molar-refractivity contribution in [3.8, 4) is 40.5 Å². The first-order valence-corrected chi connectivity index (χ1v) is 12.1. The fraction of sp³-hybridized carbons (Fsp3) is 0. The van der Waals surface area contributed by atoms with Crippen molar-refractivity contribution in [2.75, 3.05) is 0 Å². The second-order valence-corrected chi connectivity index (χ2v) is 10.4. The van der Waals surface area contributed by atoms with E-state index in [2.05, 4.69) is 4.85 Å². The van der Waals surface area contributed by atoms with E-state index in [1.54, 1.807) is 18.2 Å². The number of hydrogen-bond acceptors (Lipinski definition) is 7. The molecule has 0 N–H and O–H groups in total. The van der Waals surface area contributed by atoms with Crippen LogP contribution < -0.4 is 9.06 Å². The van der Waals surface area contributed by atoms with Crippen LogP contribution in [0.15, 0.2) is 24.3 Å². The summed E-state index contributed by atoms with van der Waals surface area (Å²) in [5.41, 5.74) is -0.568. The monoisotopic (exact) mass is 528 g/mol. The number of halogens is 4. The summed E-state index contributed by atoms with van der Waals surface area (Å²) >= 11 is 2.34. The van der Waals surface area contributed by atoms with Crippen LogP contribution in [0.5, 0.6) is 0 Å². The lowest BCUT2D eigenvalue weighted by molar-refractivity contribution is 0.653. The molecule has 0 spiro atoms. The van der Waals surface area contributed by atoms with Crippen LogP contribution in [0.25, 0.3) is 38.4 Å². The molecule has 0 aliphatic rings. The molecule has 4 aromatic heterocycles. The van der Waals surface area contributed by atoms with E-state index in [0.29, 0.717) is 0 Å². The third kappa shape index (κ3) is 4.01. The lowest BCUT2D eigenvalue weighted by Crippen LogP contribution is -1.94. The van der Waals surface area contributed by atoms with Gasteiger partial charge in [-0.3, -0.25) is 0 Å². The highest BCUT2D eigenvalue weighted by molar-refractivity contribution is 7.12. The highest BCUT2D eigenvalue weighted by Gasteiger charge is 2.19. The third-order valence-electron chi connectivity index (χ3n) is 4.49. The van der Waals surface area contributed by atoms with Gasteiger partial charge in [0.05, 0.1) is 26.2 Å². The Balaban J connectivity index is 2.34. The van der Waals surface area contributed by atoms with Gasteiger partial charge in [0.15, 0.2) is 20.5 Å². The highest BCUT2D eigenvalue weighted by atomic mass is 32.1. The molecule has 0 amide bonds. The molecule has 164 valence electrons. The topological polar surface area (TPSA) is 75.7 Å². The van der Waals surface area contributed by atoms with E-state index in [-0.39, 0.29) is 74.3 Å². The number of hydrogen-bond donors (Lipinski definition) is 0. The summed E-state index contributed by atoms with van der Waals surface area (Å²) < 4.78 is 57.6. The van der Waals surface area contributed by atoms with Crippen molar-refractivity contribution < 1.29 is 17.6 Å². The van der Waals surface area contributed by atoms with E-state index in [1.807, 2.05) is 0 Å². The van der Waals surface area contributed by atoms with Crippen molar-refractivity contribution in [1.82, 2.24) is 0 Å². The lowest BCUT2D eigenvalue weighted by Gasteiger charge is -1.96. The Kier molecular flexibility index (Phi) is 6.34. The predicted octanol–water partition coefficient (Wildman–Crippen LogP) is 5.86. The zero-order valence-corrected chi connectivity index (χ0v) is 19.5. The van der Waals surface area contributed by atoms with Crippen LogP contribution in [-0.4, -0.2) is 0 Å². The van der Waals surface area contributed by atoms with Crippen LogP contribution in [0.4, 0.5) is 17.6 Å². The number of rotatable bonds is 2. The molecule has 0 aromatic carbocycles. The third-order valence-corrected chi connectivity index (χ3v) is 8.37. The molecule has 4 rings (SSSR count).